The highest BCUT2D eigenvalue weighted by atomic mass is 16.6. The minimum atomic E-state index is 0.465. The van der Waals surface area contributed by atoms with E-state index < -0.39 is 0 Å². The van der Waals surface area contributed by atoms with Crippen LogP contribution in [0.25, 0.3) is 32.3 Å². The van der Waals surface area contributed by atoms with Gasteiger partial charge in [-0.15, -0.1) is 0 Å². The van der Waals surface area contributed by atoms with Crippen molar-refractivity contribution in [2.75, 3.05) is 93.5 Å². The van der Waals surface area contributed by atoms with Gasteiger partial charge in [0.1, 0.15) is 24.7 Å². The summed E-state index contributed by atoms with van der Waals surface area (Å²) >= 11 is 0. The summed E-state index contributed by atoms with van der Waals surface area (Å²) < 4.78 is 43.5. The van der Waals surface area contributed by atoms with Crippen molar-refractivity contribution in [1.29, 1.82) is 0 Å². The van der Waals surface area contributed by atoms with E-state index >= 15 is 0 Å². The standard InChI is InChI=1S/C46H46O8/c1-47-23-25-49-27-29-51-31-33-53-41-17-5-35(6-18-41)3-9-37-11-13-39-16-22-44-38(12-14-40-15-21-43(37)45(39)46(40)44)10-4-36-7-19-42(20-8-36)54-34-32-52-30-28-50-26-24-48-2/h5-8,11-22H,23-34H2,1-2H3. The van der Waals surface area contributed by atoms with Gasteiger partial charge in [-0.25, -0.2) is 0 Å². The lowest BCUT2D eigenvalue weighted by atomic mass is 9.90. The van der Waals surface area contributed by atoms with Crippen LogP contribution in [0, 0.1) is 23.7 Å². The van der Waals surface area contributed by atoms with Crippen molar-refractivity contribution in [2.45, 2.75) is 0 Å². The Bertz CT molecular complexity index is 2010. The third-order valence-corrected chi connectivity index (χ3v) is 8.66. The monoisotopic (exact) mass is 726 g/mol. The lowest BCUT2D eigenvalue weighted by Gasteiger charge is -2.13. The molecule has 0 N–H and O–H groups in total. The van der Waals surface area contributed by atoms with E-state index in [2.05, 4.69) is 72.2 Å². The summed E-state index contributed by atoms with van der Waals surface area (Å²) in [6.45, 7) is 6.35. The molecule has 0 unspecified atom stereocenters. The van der Waals surface area contributed by atoms with Crippen molar-refractivity contribution in [2.24, 2.45) is 0 Å². The Morgan fingerprint density at radius 1 is 0.352 bits per heavy atom. The molecule has 0 amide bonds. The highest BCUT2D eigenvalue weighted by Gasteiger charge is 2.12. The minimum absolute atomic E-state index is 0.465. The van der Waals surface area contributed by atoms with Gasteiger partial charge in [-0.3, -0.25) is 0 Å². The molecular weight excluding hydrogens is 680 g/mol. The van der Waals surface area contributed by atoms with Crippen molar-refractivity contribution < 1.29 is 37.9 Å². The largest absolute Gasteiger partial charge is 0.491 e. The normalized spacial score (nSPS) is 11.1. The number of hydrogen-bond acceptors (Lipinski definition) is 8. The van der Waals surface area contributed by atoms with Gasteiger partial charge >= 0.3 is 0 Å². The Hall–Kier alpha value is -5.16. The van der Waals surface area contributed by atoms with Crippen LogP contribution in [-0.4, -0.2) is 93.5 Å². The van der Waals surface area contributed by atoms with E-state index in [9.17, 15) is 0 Å². The van der Waals surface area contributed by atoms with Crippen molar-refractivity contribution >= 4 is 32.3 Å². The molecule has 0 fully saturated rings. The molecule has 0 aliphatic heterocycles. The van der Waals surface area contributed by atoms with Crippen molar-refractivity contribution in [1.82, 2.24) is 0 Å². The van der Waals surface area contributed by atoms with Crippen LogP contribution >= 0.6 is 0 Å². The third-order valence-electron chi connectivity index (χ3n) is 8.66. The Morgan fingerprint density at radius 3 is 1.09 bits per heavy atom. The molecule has 0 heterocycles. The highest BCUT2D eigenvalue weighted by Crippen LogP contribution is 2.37. The fourth-order valence-corrected chi connectivity index (χ4v) is 5.93. The molecule has 0 radical (unpaired) electrons. The summed E-state index contributed by atoms with van der Waals surface area (Å²) in [6.07, 6.45) is 0. The lowest BCUT2D eigenvalue weighted by molar-refractivity contribution is 0.0180. The first-order valence-corrected chi connectivity index (χ1v) is 18.2. The molecule has 0 atom stereocenters. The smallest absolute Gasteiger partial charge is 0.119 e. The van der Waals surface area contributed by atoms with Gasteiger partial charge in [0.2, 0.25) is 0 Å². The summed E-state index contributed by atoms with van der Waals surface area (Å²) in [7, 11) is 3.31. The molecule has 278 valence electrons. The Kier molecular flexibility index (Phi) is 14.9. The zero-order valence-corrected chi connectivity index (χ0v) is 31.0. The number of hydrogen-bond donors (Lipinski definition) is 0. The summed E-state index contributed by atoms with van der Waals surface area (Å²) in [5.74, 6) is 15.1. The molecular formula is C46H46O8. The average molecular weight is 727 g/mol. The summed E-state index contributed by atoms with van der Waals surface area (Å²) in [4.78, 5) is 0. The predicted octanol–water partition coefficient (Wildman–Crippen LogP) is 7.50. The number of ether oxygens (including phenoxy) is 8. The predicted molar refractivity (Wildman–Crippen MR) is 213 cm³/mol. The second kappa shape index (κ2) is 20.9. The van der Waals surface area contributed by atoms with Gasteiger partial charge in [-0.1, -0.05) is 60.1 Å². The Labute approximate surface area is 317 Å². The zero-order valence-electron chi connectivity index (χ0n) is 31.0. The van der Waals surface area contributed by atoms with Crippen LogP contribution < -0.4 is 9.47 Å². The molecule has 6 aromatic carbocycles. The maximum absolute atomic E-state index is 5.82. The molecule has 0 aromatic heterocycles. The molecule has 8 heteroatoms. The Morgan fingerprint density at radius 2 is 0.704 bits per heavy atom. The van der Waals surface area contributed by atoms with Gasteiger partial charge in [-0.2, -0.15) is 0 Å². The Balaban J connectivity index is 1.07. The molecule has 0 spiro atoms. The lowest BCUT2D eigenvalue weighted by Crippen LogP contribution is -2.12. The van der Waals surface area contributed by atoms with E-state index in [1.807, 2.05) is 48.5 Å². The van der Waals surface area contributed by atoms with Crippen LogP contribution in [-0.2, 0) is 28.4 Å². The maximum Gasteiger partial charge on any atom is 0.119 e. The summed E-state index contributed by atoms with van der Waals surface area (Å²) in [5.41, 5.74) is 3.80. The van der Waals surface area contributed by atoms with Gasteiger partial charge in [0, 0.05) is 36.5 Å². The van der Waals surface area contributed by atoms with Crippen LogP contribution in [0.4, 0.5) is 0 Å². The number of methoxy groups -OCH3 is 2. The van der Waals surface area contributed by atoms with Gasteiger partial charge in [0.25, 0.3) is 0 Å². The topological polar surface area (TPSA) is 73.8 Å². The first-order valence-electron chi connectivity index (χ1n) is 18.2. The summed E-state index contributed by atoms with van der Waals surface area (Å²) in [6, 6.07) is 32.9. The number of benzene rings is 6. The first-order chi connectivity index (χ1) is 26.7. The van der Waals surface area contributed by atoms with Gasteiger partial charge in [-0.05, 0) is 93.0 Å². The summed E-state index contributed by atoms with van der Waals surface area (Å²) in [5, 5.41) is 7.03. The second-order valence-electron chi connectivity index (χ2n) is 12.3. The van der Waals surface area contributed by atoms with Gasteiger partial charge < -0.3 is 37.9 Å². The van der Waals surface area contributed by atoms with Crippen molar-refractivity contribution in [3.63, 3.8) is 0 Å². The molecule has 8 nitrogen and oxygen atoms in total. The van der Waals surface area contributed by atoms with Gasteiger partial charge in [0.05, 0.1) is 66.1 Å². The van der Waals surface area contributed by atoms with Crippen molar-refractivity contribution in [3.05, 3.63) is 119 Å². The fraction of sp³-hybridized carbons (Fsp3) is 0.304. The van der Waals surface area contributed by atoms with E-state index in [4.69, 9.17) is 37.9 Å². The first kappa shape index (κ1) is 38.6. The van der Waals surface area contributed by atoms with Crippen LogP contribution in [0.5, 0.6) is 11.5 Å². The third kappa shape index (κ3) is 10.9. The zero-order chi connectivity index (χ0) is 37.2. The van der Waals surface area contributed by atoms with Crippen molar-refractivity contribution in [3.8, 4) is 35.2 Å². The van der Waals surface area contributed by atoms with E-state index in [1.54, 1.807) is 14.2 Å². The molecule has 6 rings (SSSR count). The molecule has 0 saturated carbocycles. The molecule has 0 saturated heterocycles. The van der Waals surface area contributed by atoms with Gasteiger partial charge in [0.15, 0.2) is 0 Å². The molecule has 6 aromatic rings. The van der Waals surface area contributed by atoms with E-state index in [1.165, 1.54) is 21.5 Å². The van der Waals surface area contributed by atoms with E-state index in [0.29, 0.717) is 79.3 Å². The van der Waals surface area contributed by atoms with Crippen LogP contribution in [0.1, 0.15) is 22.3 Å². The molecule has 0 aliphatic carbocycles. The maximum atomic E-state index is 5.82. The SMILES string of the molecule is COCCOCCOCCOc1ccc(C#Cc2ccc3ccc4c(C#Cc5ccc(OCCOCCOCCOC)cc5)ccc5ccc2c3c54)cc1. The van der Waals surface area contributed by atoms with E-state index in [-0.39, 0.29) is 0 Å². The fourth-order valence-electron chi connectivity index (χ4n) is 5.93. The number of rotatable bonds is 20. The van der Waals surface area contributed by atoms with Crippen LogP contribution in [0.3, 0.4) is 0 Å². The average Bonchev–Trinajstić information content (AvgIpc) is 3.21. The molecule has 54 heavy (non-hydrogen) atoms. The molecule has 0 aliphatic rings. The molecule has 0 bridgehead atoms. The second-order valence-corrected chi connectivity index (χ2v) is 12.3. The highest BCUT2D eigenvalue weighted by molar-refractivity contribution is 6.24. The quantitative estimate of drug-likeness (QED) is 0.0455. The van der Waals surface area contributed by atoms with Crippen LogP contribution in [0.2, 0.25) is 0 Å². The van der Waals surface area contributed by atoms with E-state index in [0.717, 1.165) is 44.5 Å². The minimum Gasteiger partial charge on any atom is -0.491 e. The van der Waals surface area contributed by atoms with Crippen LogP contribution in [0.15, 0.2) is 97.1 Å².